The zero-order valence-corrected chi connectivity index (χ0v) is 10.4. The molecule has 0 unspecified atom stereocenters. The standard InChI is InChI=1S/C10H23NO3S/c1-2-3-5-8-14-9-6-4-7-10-15(11,12)13/h2-10H2,1H3,(H2,11,12,13). The minimum atomic E-state index is -3.27. The highest BCUT2D eigenvalue weighted by atomic mass is 32.2. The first-order valence-electron chi connectivity index (χ1n) is 5.64. The highest BCUT2D eigenvalue weighted by Gasteiger charge is 2.00. The van der Waals surface area contributed by atoms with Crippen LogP contribution in [-0.2, 0) is 14.8 Å². The van der Waals surface area contributed by atoms with Crippen molar-refractivity contribution in [2.75, 3.05) is 19.0 Å². The topological polar surface area (TPSA) is 69.4 Å². The minimum Gasteiger partial charge on any atom is -0.381 e. The summed E-state index contributed by atoms with van der Waals surface area (Å²) >= 11 is 0. The molecule has 0 radical (unpaired) electrons. The van der Waals surface area contributed by atoms with E-state index in [1.165, 1.54) is 12.8 Å². The Hall–Kier alpha value is -0.130. The average Bonchev–Trinajstić information content (AvgIpc) is 2.14. The Labute approximate surface area is 93.2 Å². The van der Waals surface area contributed by atoms with Gasteiger partial charge in [0.15, 0.2) is 0 Å². The van der Waals surface area contributed by atoms with Crippen LogP contribution in [0.5, 0.6) is 0 Å². The van der Waals surface area contributed by atoms with Crippen LogP contribution in [0.4, 0.5) is 0 Å². The molecule has 15 heavy (non-hydrogen) atoms. The quantitative estimate of drug-likeness (QED) is 0.587. The summed E-state index contributed by atoms with van der Waals surface area (Å²) in [6.07, 6.45) is 5.96. The van der Waals surface area contributed by atoms with E-state index in [0.29, 0.717) is 6.42 Å². The first kappa shape index (κ1) is 14.9. The molecule has 0 saturated carbocycles. The van der Waals surface area contributed by atoms with Crippen LogP contribution in [0.2, 0.25) is 0 Å². The molecule has 2 N–H and O–H groups in total. The van der Waals surface area contributed by atoms with Crippen molar-refractivity contribution >= 4 is 10.0 Å². The van der Waals surface area contributed by atoms with Gasteiger partial charge in [0.1, 0.15) is 0 Å². The zero-order valence-electron chi connectivity index (χ0n) is 9.57. The first-order valence-corrected chi connectivity index (χ1v) is 7.36. The molecule has 5 heteroatoms. The summed E-state index contributed by atoms with van der Waals surface area (Å²) in [6, 6.07) is 0. The molecule has 0 atom stereocenters. The maximum atomic E-state index is 10.6. The van der Waals surface area contributed by atoms with Crippen LogP contribution < -0.4 is 5.14 Å². The van der Waals surface area contributed by atoms with Crippen molar-refractivity contribution in [3.05, 3.63) is 0 Å². The van der Waals surface area contributed by atoms with Gasteiger partial charge in [0.05, 0.1) is 5.75 Å². The molecule has 0 saturated heterocycles. The van der Waals surface area contributed by atoms with Crippen LogP contribution in [-0.4, -0.2) is 27.4 Å². The summed E-state index contributed by atoms with van der Waals surface area (Å²) in [7, 11) is -3.27. The van der Waals surface area contributed by atoms with E-state index in [-0.39, 0.29) is 5.75 Å². The maximum Gasteiger partial charge on any atom is 0.209 e. The number of sulfonamides is 1. The smallest absolute Gasteiger partial charge is 0.209 e. The Morgan fingerprint density at radius 3 is 2.13 bits per heavy atom. The molecular weight excluding hydrogens is 214 g/mol. The number of nitrogens with two attached hydrogens (primary N) is 1. The van der Waals surface area contributed by atoms with E-state index < -0.39 is 10.0 Å². The highest BCUT2D eigenvalue weighted by Crippen LogP contribution is 1.99. The molecular formula is C10H23NO3S. The number of hydrogen-bond donors (Lipinski definition) is 1. The predicted molar refractivity (Wildman–Crippen MR) is 62.2 cm³/mol. The molecule has 92 valence electrons. The van der Waals surface area contributed by atoms with Crippen molar-refractivity contribution in [3.8, 4) is 0 Å². The van der Waals surface area contributed by atoms with Gasteiger partial charge in [-0.2, -0.15) is 0 Å². The minimum absolute atomic E-state index is 0.0861. The van der Waals surface area contributed by atoms with E-state index in [1.807, 2.05) is 0 Å². The van der Waals surface area contributed by atoms with Crippen molar-refractivity contribution < 1.29 is 13.2 Å². The zero-order chi connectivity index (χ0) is 11.6. The third kappa shape index (κ3) is 13.9. The van der Waals surface area contributed by atoms with E-state index in [1.54, 1.807) is 0 Å². The van der Waals surface area contributed by atoms with E-state index in [2.05, 4.69) is 6.92 Å². The van der Waals surface area contributed by atoms with Gasteiger partial charge in [0.2, 0.25) is 10.0 Å². The van der Waals surface area contributed by atoms with Crippen LogP contribution in [0.15, 0.2) is 0 Å². The van der Waals surface area contributed by atoms with Crippen LogP contribution in [0.25, 0.3) is 0 Å². The van der Waals surface area contributed by atoms with Crippen molar-refractivity contribution in [1.82, 2.24) is 0 Å². The average molecular weight is 237 g/mol. The molecule has 0 spiro atoms. The summed E-state index contributed by atoms with van der Waals surface area (Å²) in [5.41, 5.74) is 0. The lowest BCUT2D eigenvalue weighted by atomic mass is 10.2. The Balaban J connectivity index is 3.06. The fraction of sp³-hybridized carbons (Fsp3) is 1.00. The Bertz CT molecular complexity index is 227. The Morgan fingerprint density at radius 2 is 1.60 bits per heavy atom. The lowest BCUT2D eigenvalue weighted by Gasteiger charge is -2.03. The van der Waals surface area contributed by atoms with Crippen LogP contribution in [0, 0.1) is 0 Å². The van der Waals surface area contributed by atoms with Crippen LogP contribution >= 0.6 is 0 Å². The highest BCUT2D eigenvalue weighted by molar-refractivity contribution is 7.89. The molecule has 0 rings (SSSR count). The van der Waals surface area contributed by atoms with E-state index in [4.69, 9.17) is 9.88 Å². The van der Waals surface area contributed by atoms with Crippen molar-refractivity contribution in [2.45, 2.75) is 45.4 Å². The lowest BCUT2D eigenvalue weighted by molar-refractivity contribution is 0.126. The summed E-state index contributed by atoms with van der Waals surface area (Å²) < 4.78 is 26.6. The molecule has 0 aromatic carbocycles. The van der Waals surface area contributed by atoms with E-state index >= 15 is 0 Å². The van der Waals surface area contributed by atoms with Gasteiger partial charge in [-0.1, -0.05) is 26.2 Å². The van der Waals surface area contributed by atoms with Crippen molar-refractivity contribution in [1.29, 1.82) is 0 Å². The molecule has 0 bridgehead atoms. The Kier molecular flexibility index (Phi) is 9.04. The number of primary sulfonamides is 1. The first-order chi connectivity index (χ1) is 7.06. The molecule has 0 aromatic heterocycles. The van der Waals surface area contributed by atoms with Gasteiger partial charge in [0.25, 0.3) is 0 Å². The van der Waals surface area contributed by atoms with Crippen molar-refractivity contribution in [3.63, 3.8) is 0 Å². The molecule has 0 aromatic rings. The molecule has 0 fully saturated rings. The maximum absolute atomic E-state index is 10.6. The molecule has 0 aliphatic heterocycles. The second-order valence-corrected chi connectivity index (χ2v) is 5.48. The summed E-state index contributed by atoms with van der Waals surface area (Å²) in [5, 5.41) is 4.87. The molecule has 0 amide bonds. The van der Waals surface area contributed by atoms with Crippen molar-refractivity contribution in [2.24, 2.45) is 5.14 Å². The third-order valence-electron chi connectivity index (χ3n) is 2.11. The SMILES string of the molecule is CCCCCOCCCCCS(N)(=O)=O. The fourth-order valence-corrected chi connectivity index (χ4v) is 1.85. The van der Waals surface area contributed by atoms with Gasteiger partial charge in [-0.05, 0) is 19.3 Å². The summed E-state index contributed by atoms with van der Waals surface area (Å²) in [6.45, 7) is 3.71. The van der Waals surface area contributed by atoms with Gasteiger partial charge >= 0.3 is 0 Å². The monoisotopic (exact) mass is 237 g/mol. The van der Waals surface area contributed by atoms with E-state index in [9.17, 15) is 8.42 Å². The predicted octanol–water partition coefficient (Wildman–Crippen LogP) is 1.65. The third-order valence-corrected chi connectivity index (χ3v) is 2.97. The van der Waals surface area contributed by atoms with E-state index in [0.717, 1.165) is 32.5 Å². The fourth-order valence-electron chi connectivity index (χ4n) is 1.24. The number of ether oxygens (including phenoxy) is 1. The number of hydrogen-bond acceptors (Lipinski definition) is 3. The van der Waals surface area contributed by atoms with Gasteiger partial charge in [-0.15, -0.1) is 0 Å². The van der Waals surface area contributed by atoms with Crippen LogP contribution in [0.1, 0.15) is 45.4 Å². The van der Waals surface area contributed by atoms with Gasteiger partial charge in [-0.3, -0.25) is 0 Å². The molecule has 0 aliphatic rings. The lowest BCUT2D eigenvalue weighted by Crippen LogP contribution is -2.16. The Morgan fingerprint density at radius 1 is 1.00 bits per heavy atom. The van der Waals surface area contributed by atoms with Gasteiger partial charge in [0, 0.05) is 13.2 Å². The van der Waals surface area contributed by atoms with Crippen LogP contribution in [0.3, 0.4) is 0 Å². The second-order valence-electron chi connectivity index (χ2n) is 3.75. The molecule has 4 nitrogen and oxygen atoms in total. The summed E-state index contributed by atoms with van der Waals surface area (Å²) in [4.78, 5) is 0. The summed E-state index contributed by atoms with van der Waals surface area (Å²) in [5.74, 6) is 0.0861. The molecule has 0 aliphatic carbocycles. The van der Waals surface area contributed by atoms with Gasteiger partial charge < -0.3 is 4.74 Å². The number of rotatable bonds is 10. The number of unbranched alkanes of at least 4 members (excludes halogenated alkanes) is 4. The second kappa shape index (κ2) is 9.12. The van der Waals surface area contributed by atoms with Gasteiger partial charge in [-0.25, -0.2) is 13.6 Å². The molecule has 0 heterocycles. The normalized spacial score (nSPS) is 11.9. The largest absolute Gasteiger partial charge is 0.381 e.